The van der Waals surface area contributed by atoms with Gasteiger partial charge in [0.15, 0.2) is 0 Å². The predicted molar refractivity (Wildman–Crippen MR) is 61.8 cm³/mol. The van der Waals surface area contributed by atoms with Crippen molar-refractivity contribution in [2.45, 2.75) is 0 Å². The summed E-state index contributed by atoms with van der Waals surface area (Å²) in [5, 5.41) is 0. The van der Waals surface area contributed by atoms with Crippen LogP contribution in [0.1, 0.15) is 5.56 Å². The second-order valence-electron chi connectivity index (χ2n) is 3.32. The third-order valence-electron chi connectivity index (χ3n) is 2.01. The molecule has 0 unspecified atom stereocenters. The van der Waals surface area contributed by atoms with Gasteiger partial charge in [0.2, 0.25) is 0 Å². The van der Waals surface area contributed by atoms with Crippen molar-refractivity contribution in [1.29, 1.82) is 0 Å². The van der Waals surface area contributed by atoms with Crippen molar-refractivity contribution in [3.8, 4) is 11.5 Å². The number of nitrogen functional groups attached to an aromatic ring is 1. The molecule has 0 aliphatic heterocycles. The van der Waals surface area contributed by atoms with Crippen molar-refractivity contribution in [3.63, 3.8) is 0 Å². The Labute approximate surface area is 89.3 Å². The maximum absolute atomic E-state index is 5.62. The van der Waals surface area contributed by atoms with Gasteiger partial charge in [-0.05, 0) is 48.9 Å². The zero-order valence-electron chi connectivity index (χ0n) is 8.31. The van der Waals surface area contributed by atoms with Crippen LogP contribution in [0.3, 0.4) is 0 Å². The number of hydrogen-bond acceptors (Lipinski definition) is 2. The van der Waals surface area contributed by atoms with Gasteiger partial charge >= 0.3 is 0 Å². The first-order valence-corrected chi connectivity index (χ1v) is 4.69. The van der Waals surface area contributed by atoms with Gasteiger partial charge < -0.3 is 10.5 Å². The van der Waals surface area contributed by atoms with E-state index in [0.29, 0.717) is 0 Å². The Balaban J connectivity index is 2.18. The van der Waals surface area contributed by atoms with Crippen LogP contribution in [0, 0.1) is 6.92 Å². The molecule has 75 valence electrons. The molecule has 0 bridgehead atoms. The monoisotopic (exact) mass is 198 g/mol. The quantitative estimate of drug-likeness (QED) is 0.752. The van der Waals surface area contributed by atoms with Crippen LogP contribution in [-0.4, -0.2) is 0 Å². The summed E-state index contributed by atoms with van der Waals surface area (Å²) in [6, 6.07) is 14.9. The molecule has 2 aromatic carbocycles. The van der Waals surface area contributed by atoms with E-state index in [1.807, 2.05) is 48.5 Å². The molecule has 2 heteroatoms. The number of benzene rings is 2. The molecule has 0 spiro atoms. The van der Waals surface area contributed by atoms with Crippen LogP contribution in [0.15, 0.2) is 48.5 Å². The minimum absolute atomic E-state index is 0.730. The summed E-state index contributed by atoms with van der Waals surface area (Å²) in [5.41, 5.74) is 7.24. The van der Waals surface area contributed by atoms with E-state index in [1.165, 1.54) is 0 Å². The van der Waals surface area contributed by atoms with Gasteiger partial charge in [0.1, 0.15) is 11.5 Å². The van der Waals surface area contributed by atoms with Crippen molar-refractivity contribution < 1.29 is 4.74 Å². The minimum Gasteiger partial charge on any atom is -0.457 e. The third kappa shape index (κ3) is 2.50. The Kier molecular flexibility index (Phi) is 2.59. The van der Waals surface area contributed by atoms with Gasteiger partial charge in [-0.3, -0.25) is 0 Å². The molecule has 2 N–H and O–H groups in total. The normalized spacial score (nSPS) is 9.93. The molecule has 0 aliphatic carbocycles. The highest BCUT2D eigenvalue weighted by atomic mass is 16.5. The Morgan fingerprint density at radius 2 is 1.67 bits per heavy atom. The number of hydrogen-bond donors (Lipinski definition) is 1. The van der Waals surface area contributed by atoms with Gasteiger partial charge in [-0.1, -0.05) is 12.1 Å². The summed E-state index contributed by atoms with van der Waals surface area (Å²) in [6.45, 7) is 3.84. The Morgan fingerprint density at radius 3 is 2.33 bits per heavy atom. The SMILES string of the molecule is [CH2]c1cccc(Oc2ccc(N)cc2)c1. The molecule has 0 fully saturated rings. The van der Waals surface area contributed by atoms with E-state index >= 15 is 0 Å². The van der Waals surface area contributed by atoms with Crippen molar-refractivity contribution in [1.82, 2.24) is 0 Å². The molecular formula is C13H12NO. The predicted octanol–water partition coefficient (Wildman–Crippen LogP) is 3.24. The van der Waals surface area contributed by atoms with E-state index in [-0.39, 0.29) is 0 Å². The van der Waals surface area contributed by atoms with Crippen LogP contribution in [0.2, 0.25) is 0 Å². The van der Waals surface area contributed by atoms with Crippen LogP contribution in [-0.2, 0) is 0 Å². The lowest BCUT2D eigenvalue weighted by Crippen LogP contribution is -1.86. The molecule has 0 heterocycles. The molecule has 15 heavy (non-hydrogen) atoms. The smallest absolute Gasteiger partial charge is 0.127 e. The van der Waals surface area contributed by atoms with Gasteiger partial charge in [-0.15, -0.1) is 0 Å². The Bertz CT molecular complexity index is 448. The summed E-state index contributed by atoms with van der Waals surface area (Å²) in [5.74, 6) is 1.56. The molecule has 0 aromatic heterocycles. The first-order valence-electron chi connectivity index (χ1n) is 4.69. The zero-order chi connectivity index (χ0) is 10.7. The fourth-order valence-corrected chi connectivity index (χ4v) is 1.28. The summed E-state index contributed by atoms with van der Waals surface area (Å²) < 4.78 is 5.62. The molecule has 0 amide bonds. The van der Waals surface area contributed by atoms with Crippen molar-refractivity contribution in [3.05, 3.63) is 61.0 Å². The maximum Gasteiger partial charge on any atom is 0.127 e. The van der Waals surface area contributed by atoms with Gasteiger partial charge in [-0.25, -0.2) is 0 Å². The Morgan fingerprint density at radius 1 is 0.933 bits per heavy atom. The molecule has 2 rings (SSSR count). The third-order valence-corrected chi connectivity index (χ3v) is 2.01. The molecule has 1 radical (unpaired) electrons. The van der Waals surface area contributed by atoms with E-state index in [9.17, 15) is 0 Å². The number of ether oxygens (including phenoxy) is 1. The van der Waals surface area contributed by atoms with E-state index in [4.69, 9.17) is 10.5 Å². The second-order valence-corrected chi connectivity index (χ2v) is 3.32. The largest absolute Gasteiger partial charge is 0.457 e. The molecule has 0 atom stereocenters. The first-order chi connectivity index (χ1) is 7.24. The van der Waals surface area contributed by atoms with Crippen LogP contribution in [0.5, 0.6) is 11.5 Å². The maximum atomic E-state index is 5.62. The lowest BCUT2D eigenvalue weighted by Gasteiger charge is -2.06. The lowest BCUT2D eigenvalue weighted by molar-refractivity contribution is 0.482. The standard InChI is InChI=1S/C13H12NO/c1-10-3-2-4-13(9-10)15-12-7-5-11(14)6-8-12/h2-9H,1,14H2. The average Bonchev–Trinajstić information content (AvgIpc) is 2.22. The molecular weight excluding hydrogens is 186 g/mol. The topological polar surface area (TPSA) is 35.2 Å². The molecule has 2 nitrogen and oxygen atoms in total. The van der Waals surface area contributed by atoms with Crippen molar-refractivity contribution >= 4 is 5.69 Å². The van der Waals surface area contributed by atoms with E-state index in [1.54, 1.807) is 0 Å². The zero-order valence-corrected chi connectivity index (χ0v) is 8.31. The fraction of sp³-hybridized carbons (Fsp3) is 0. The molecule has 2 aromatic rings. The number of anilines is 1. The van der Waals surface area contributed by atoms with E-state index in [2.05, 4.69) is 6.92 Å². The molecule has 0 saturated heterocycles. The van der Waals surface area contributed by atoms with Gasteiger partial charge in [0.25, 0.3) is 0 Å². The first kappa shape index (κ1) is 9.59. The fourth-order valence-electron chi connectivity index (χ4n) is 1.28. The lowest BCUT2D eigenvalue weighted by atomic mass is 10.2. The van der Waals surface area contributed by atoms with Gasteiger partial charge in [-0.2, -0.15) is 0 Å². The Hall–Kier alpha value is -1.96. The van der Waals surface area contributed by atoms with E-state index in [0.717, 1.165) is 22.7 Å². The summed E-state index contributed by atoms with van der Waals surface area (Å²) in [6.07, 6.45) is 0. The highest BCUT2D eigenvalue weighted by molar-refractivity contribution is 5.43. The summed E-state index contributed by atoms with van der Waals surface area (Å²) >= 11 is 0. The molecule has 0 saturated carbocycles. The van der Waals surface area contributed by atoms with Crippen molar-refractivity contribution in [2.75, 3.05) is 5.73 Å². The average molecular weight is 198 g/mol. The minimum atomic E-state index is 0.730. The summed E-state index contributed by atoms with van der Waals surface area (Å²) in [4.78, 5) is 0. The highest BCUT2D eigenvalue weighted by Gasteiger charge is 1.96. The van der Waals surface area contributed by atoms with Crippen LogP contribution in [0.25, 0.3) is 0 Å². The number of nitrogens with two attached hydrogens (primary N) is 1. The van der Waals surface area contributed by atoms with E-state index < -0.39 is 0 Å². The summed E-state index contributed by atoms with van der Waals surface area (Å²) in [7, 11) is 0. The van der Waals surface area contributed by atoms with Gasteiger partial charge in [0, 0.05) is 5.69 Å². The van der Waals surface area contributed by atoms with Crippen LogP contribution >= 0.6 is 0 Å². The van der Waals surface area contributed by atoms with Crippen LogP contribution in [0.4, 0.5) is 5.69 Å². The number of rotatable bonds is 2. The highest BCUT2D eigenvalue weighted by Crippen LogP contribution is 2.22. The van der Waals surface area contributed by atoms with Crippen molar-refractivity contribution in [2.24, 2.45) is 0 Å². The van der Waals surface area contributed by atoms with Gasteiger partial charge in [0.05, 0.1) is 0 Å². The van der Waals surface area contributed by atoms with Crippen LogP contribution < -0.4 is 10.5 Å². The second kappa shape index (κ2) is 4.05. The molecule has 0 aliphatic rings.